The molecular formula is C31H19N3. The number of fused-ring (bicyclic) bond motifs is 6. The van der Waals surface area contributed by atoms with Gasteiger partial charge in [-0.2, -0.15) is 5.26 Å². The minimum Gasteiger partial charge on any atom is -0.309 e. The van der Waals surface area contributed by atoms with Gasteiger partial charge in [0.2, 0.25) is 0 Å². The van der Waals surface area contributed by atoms with Crippen molar-refractivity contribution in [3.8, 4) is 17.4 Å². The van der Waals surface area contributed by atoms with Gasteiger partial charge < -0.3 is 9.13 Å². The fraction of sp³-hybridized carbons (Fsp3) is 0. The number of benzene rings is 5. The molecule has 7 rings (SSSR count). The summed E-state index contributed by atoms with van der Waals surface area (Å²) in [4.78, 5) is 0. The molecule has 0 saturated heterocycles. The zero-order chi connectivity index (χ0) is 22.6. The largest absolute Gasteiger partial charge is 0.309 e. The minimum atomic E-state index is 0.662. The highest BCUT2D eigenvalue weighted by Crippen LogP contribution is 2.36. The molecule has 3 heteroatoms. The standard InChI is InChI=1S/C31H19N3/c32-20-21-13-15-22(16-14-21)33-28-10-4-3-9-26(28)27-18-17-23(19-31(27)33)34-29-11-5-1-7-24(29)25-8-2-6-12-30(25)34/h1-19H. The normalized spacial score (nSPS) is 11.5. The molecule has 34 heavy (non-hydrogen) atoms. The Bertz CT molecular complexity index is 1860. The van der Waals surface area contributed by atoms with Crippen LogP contribution in [0.2, 0.25) is 0 Å². The van der Waals surface area contributed by atoms with Gasteiger partial charge in [-0.25, -0.2) is 0 Å². The van der Waals surface area contributed by atoms with E-state index >= 15 is 0 Å². The van der Waals surface area contributed by atoms with E-state index in [-0.39, 0.29) is 0 Å². The van der Waals surface area contributed by atoms with Gasteiger partial charge in [0.15, 0.2) is 0 Å². The molecule has 3 nitrogen and oxygen atoms in total. The summed E-state index contributed by atoms with van der Waals surface area (Å²) < 4.78 is 4.65. The molecule has 0 fully saturated rings. The van der Waals surface area contributed by atoms with Crippen molar-refractivity contribution in [2.45, 2.75) is 0 Å². The zero-order valence-electron chi connectivity index (χ0n) is 18.3. The van der Waals surface area contributed by atoms with E-state index in [4.69, 9.17) is 0 Å². The van der Waals surface area contributed by atoms with Crippen LogP contribution in [-0.4, -0.2) is 9.13 Å². The lowest BCUT2D eigenvalue weighted by atomic mass is 10.1. The molecule has 0 aliphatic heterocycles. The second-order valence-corrected chi connectivity index (χ2v) is 8.58. The third-order valence-electron chi connectivity index (χ3n) is 6.75. The van der Waals surface area contributed by atoms with Gasteiger partial charge in [-0.1, -0.05) is 60.7 Å². The molecule has 0 atom stereocenters. The number of nitriles is 1. The van der Waals surface area contributed by atoms with Crippen molar-refractivity contribution in [1.29, 1.82) is 5.26 Å². The molecule has 7 aromatic rings. The first-order valence-corrected chi connectivity index (χ1v) is 11.4. The van der Waals surface area contributed by atoms with Gasteiger partial charge >= 0.3 is 0 Å². The first-order chi connectivity index (χ1) is 16.8. The van der Waals surface area contributed by atoms with Crippen molar-refractivity contribution >= 4 is 43.6 Å². The quantitative estimate of drug-likeness (QED) is 0.274. The molecular weight excluding hydrogens is 414 g/mol. The molecule has 5 aromatic carbocycles. The summed E-state index contributed by atoms with van der Waals surface area (Å²) in [6, 6.07) is 42.5. The average molecular weight is 434 g/mol. The van der Waals surface area contributed by atoms with Crippen LogP contribution in [0, 0.1) is 11.3 Å². The maximum atomic E-state index is 9.26. The SMILES string of the molecule is N#Cc1ccc(-n2c3ccccc3c3ccc(-n4c5ccccc5c5ccccc54)cc32)cc1. The summed E-state index contributed by atoms with van der Waals surface area (Å²) in [7, 11) is 0. The van der Waals surface area contributed by atoms with Crippen LogP contribution in [0.4, 0.5) is 0 Å². The van der Waals surface area contributed by atoms with Crippen LogP contribution in [0.1, 0.15) is 5.56 Å². The summed E-state index contributed by atoms with van der Waals surface area (Å²) in [5.41, 5.74) is 7.53. The van der Waals surface area contributed by atoms with Crippen molar-refractivity contribution < 1.29 is 0 Å². The van der Waals surface area contributed by atoms with Crippen LogP contribution in [0.15, 0.2) is 115 Å². The summed E-state index contributed by atoms with van der Waals surface area (Å²) in [6.45, 7) is 0. The second kappa shape index (κ2) is 7.10. The number of nitrogens with zero attached hydrogens (tertiary/aromatic N) is 3. The molecule has 0 aliphatic rings. The van der Waals surface area contributed by atoms with E-state index < -0.39 is 0 Å². The number of aromatic nitrogens is 2. The smallest absolute Gasteiger partial charge is 0.0991 e. The monoisotopic (exact) mass is 433 g/mol. The van der Waals surface area contributed by atoms with E-state index in [1.54, 1.807) is 0 Å². The molecule has 2 aromatic heterocycles. The van der Waals surface area contributed by atoms with Crippen LogP contribution in [0.5, 0.6) is 0 Å². The highest BCUT2D eigenvalue weighted by Gasteiger charge is 2.16. The average Bonchev–Trinajstić information content (AvgIpc) is 3.41. The van der Waals surface area contributed by atoms with Crippen LogP contribution in [0.3, 0.4) is 0 Å². The van der Waals surface area contributed by atoms with Gasteiger partial charge in [-0.15, -0.1) is 0 Å². The molecule has 0 bridgehead atoms. The van der Waals surface area contributed by atoms with Crippen molar-refractivity contribution in [2.24, 2.45) is 0 Å². The van der Waals surface area contributed by atoms with Gasteiger partial charge in [0.25, 0.3) is 0 Å². The van der Waals surface area contributed by atoms with Gasteiger partial charge in [0.1, 0.15) is 0 Å². The van der Waals surface area contributed by atoms with E-state index in [1.807, 2.05) is 24.3 Å². The van der Waals surface area contributed by atoms with Gasteiger partial charge in [-0.05, 0) is 54.6 Å². The molecule has 0 amide bonds. The summed E-state index contributed by atoms with van der Waals surface area (Å²) in [5.74, 6) is 0. The number of rotatable bonds is 2. The lowest BCUT2D eigenvalue weighted by Crippen LogP contribution is -1.97. The predicted molar refractivity (Wildman–Crippen MR) is 140 cm³/mol. The summed E-state index contributed by atoms with van der Waals surface area (Å²) in [6.07, 6.45) is 0. The molecule has 0 aliphatic carbocycles. The predicted octanol–water partition coefficient (Wildman–Crippen LogP) is 7.75. The number of hydrogen-bond donors (Lipinski definition) is 0. The van der Waals surface area contributed by atoms with E-state index in [0.29, 0.717) is 5.56 Å². The fourth-order valence-corrected chi connectivity index (χ4v) is 5.26. The highest BCUT2D eigenvalue weighted by atomic mass is 15.0. The van der Waals surface area contributed by atoms with Crippen LogP contribution in [0.25, 0.3) is 55.0 Å². The first kappa shape index (κ1) is 18.7. The summed E-state index contributed by atoms with van der Waals surface area (Å²) >= 11 is 0. The molecule has 158 valence electrons. The van der Waals surface area contributed by atoms with Crippen molar-refractivity contribution in [2.75, 3.05) is 0 Å². The van der Waals surface area contributed by atoms with Gasteiger partial charge in [0, 0.05) is 32.9 Å². The Hall–Kier alpha value is -4.81. The Labute approximate surface area is 196 Å². The Morgan fingerprint density at radius 3 is 1.41 bits per heavy atom. The Morgan fingerprint density at radius 2 is 0.882 bits per heavy atom. The number of hydrogen-bond acceptors (Lipinski definition) is 1. The Balaban J connectivity index is 1.58. The Morgan fingerprint density at radius 1 is 0.441 bits per heavy atom. The third kappa shape index (κ3) is 2.57. The second-order valence-electron chi connectivity index (χ2n) is 8.58. The van der Waals surface area contributed by atoms with Gasteiger partial charge in [-0.3, -0.25) is 0 Å². The van der Waals surface area contributed by atoms with E-state index in [1.165, 1.54) is 32.6 Å². The van der Waals surface area contributed by atoms with Gasteiger partial charge in [0.05, 0.1) is 33.7 Å². The lowest BCUT2D eigenvalue weighted by molar-refractivity contribution is 1.15. The highest BCUT2D eigenvalue weighted by molar-refractivity contribution is 6.11. The van der Waals surface area contributed by atoms with Crippen molar-refractivity contribution in [3.05, 3.63) is 121 Å². The van der Waals surface area contributed by atoms with Crippen LogP contribution < -0.4 is 0 Å². The number of para-hydroxylation sites is 3. The molecule has 2 heterocycles. The molecule has 0 radical (unpaired) electrons. The third-order valence-corrected chi connectivity index (χ3v) is 6.75. The maximum Gasteiger partial charge on any atom is 0.0991 e. The molecule has 0 N–H and O–H groups in total. The minimum absolute atomic E-state index is 0.662. The van der Waals surface area contributed by atoms with Crippen molar-refractivity contribution in [1.82, 2.24) is 9.13 Å². The van der Waals surface area contributed by atoms with Crippen LogP contribution in [-0.2, 0) is 0 Å². The lowest BCUT2D eigenvalue weighted by Gasteiger charge is -2.11. The van der Waals surface area contributed by atoms with E-state index in [0.717, 1.165) is 22.4 Å². The van der Waals surface area contributed by atoms with Crippen LogP contribution >= 0.6 is 0 Å². The topological polar surface area (TPSA) is 33.6 Å². The summed E-state index contributed by atoms with van der Waals surface area (Å²) in [5, 5.41) is 14.2. The molecule has 0 saturated carbocycles. The zero-order valence-corrected chi connectivity index (χ0v) is 18.3. The molecule has 0 unspecified atom stereocenters. The fourth-order valence-electron chi connectivity index (χ4n) is 5.26. The van der Waals surface area contributed by atoms with Crippen molar-refractivity contribution in [3.63, 3.8) is 0 Å². The van der Waals surface area contributed by atoms with E-state index in [9.17, 15) is 5.26 Å². The molecule has 0 spiro atoms. The maximum absolute atomic E-state index is 9.26. The Kier molecular flexibility index (Phi) is 3.91. The van der Waals surface area contributed by atoms with E-state index in [2.05, 4.69) is 106 Å². The first-order valence-electron chi connectivity index (χ1n) is 11.4.